The van der Waals surface area contributed by atoms with Crippen molar-refractivity contribution in [1.29, 1.82) is 0 Å². The number of pyridine rings is 1. The van der Waals surface area contributed by atoms with Crippen molar-refractivity contribution in [3.05, 3.63) is 42.4 Å². The molecule has 0 unspecified atom stereocenters. The molecule has 2 aliphatic heterocycles. The molecule has 4 heterocycles. The van der Waals surface area contributed by atoms with Crippen molar-refractivity contribution in [3.63, 3.8) is 0 Å². The lowest BCUT2D eigenvalue weighted by Crippen LogP contribution is -2.36. The average Bonchev–Trinajstić information content (AvgIpc) is 3.30. The van der Waals surface area contributed by atoms with Crippen molar-refractivity contribution in [2.24, 2.45) is 5.92 Å². The van der Waals surface area contributed by atoms with Gasteiger partial charge in [-0.25, -0.2) is 15.0 Å². The largest absolute Gasteiger partial charge is 0.353 e. The maximum atomic E-state index is 13.0. The van der Waals surface area contributed by atoms with E-state index < -0.39 is 0 Å². The Hall–Kier alpha value is -2.70. The lowest BCUT2D eigenvalue weighted by atomic mass is 10.1. The Morgan fingerprint density at radius 3 is 2.61 bits per heavy atom. The van der Waals surface area contributed by atoms with Crippen LogP contribution in [0.4, 0.5) is 11.8 Å². The van der Waals surface area contributed by atoms with Crippen LogP contribution < -0.4 is 9.80 Å². The Bertz CT molecular complexity index is 827. The number of amides is 1. The number of nitrogens with zero attached hydrogens (tertiary/aromatic N) is 6. The zero-order chi connectivity index (χ0) is 18.9. The molecule has 2 aromatic heterocycles. The summed E-state index contributed by atoms with van der Waals surface area (Å²) in [6.45, 7) is 4.16. The number of hydrogen-bond donors (Lipinski definition) is 0. The van der Waals surface area contributed by atoms with E-state index in [1.165, 1.54) is 19.3 Å². The molecule has 2 aromatic rings. The van der Waals surface area contributed by atoms with Gasteiger partial charge in [0.15, 0.2) is 0 Å². The molecule has 5 rings (SSSR count). The molecule has 3 aliphatic rings. The predicted octanol–water partition coefficient (Wildman–Crippen LogP) is 2.21. The molecule has 7 nitrogen and oxygen atoms in total. The van der Waals surface area contributed by atoms with Crippen LogP contribution in [0.25, 0.3) is 0 Å². The quantitative estimate of drug-likeness (QED) is 0.816. The van der Waals surface area contributed by atoms with Crippen molar-refractivity contribution in [1.82, 2.24) is 19.9 Å². The summed E-state index contributed by atoms with van der Waals surface area (Å²) in [5, 5.41) is 0. The Labute approximate surface area is 165 Å². The van der Waals surface area contributed by atoms with Gasteiger partial charge in [0.1, 0.15) is 5.82 Å². The number of piperidine rings is 1. The van der Waals surface area contributed by atoms with E-state index in [-0.39, 0.29) is 5.91 Å². The van der Waals surface area contributed by atoms with Crippen LogP contribution in [-0.2, 0) is 0 Å². The van der Waals surface area contributed by atoms with Gasteiger partial charge in [0.05, 0.1) is 5.56 Å². The second-order valence-corrected chi connectivity index (χ2v) is 8.07. The predicted molar refractivity (Wildman–Crippen MR) is 107 cm³/mol. The molecule has 0 radical (unpaired) electrons. The SMILES string of the molecule is O=C(c1ccc(N2C[C@H]3CC[C@H]2C3)nc1)N1CCCN(c2ncccn2)CC1. The van der Waals surface area contributed by atoms with Gasteiger partial charge in [-0.15, -0.1) is 0 Å². The molecule has 0 aromatic carbocycles. The van der Waals surface area contributed by atoms with Gasteiger partial charge >= 0.3 is 0 Å². The van der Waals surface area contributed by atoms with E-state index in [9.17, 15) is 4.79 Å². The summed E-state index contributed by atoms with van der Waals surface area (Å²) < 4.78 is 0. The van der Waals surface area contributed by atoms with Crippen LogP contribution in [0.2, 0.25) is 0 Å². The molecule has 146 valence electrons. The van der Waals surface area contributed by atoms with Crippen molar-refractivity contribution in [2.45, 2.75) is 31.7 Å². The smallest absolute Gasteiger partial charge is 0.255 e. The molecule has 0 spiro atoms. The molecule has 28 heavy (non-hydrogen) atoms. The fourth-order valence-electron chi connectivity index (χ4n) is 4.85. The van der Waals surface area contributed by atoms with Gasteiger partial charge in [0.25, 0.3) is 5.91 Å². The molecule has 1 aliphatic carbocycles. The molecular weight excluding hydrogens is 352 g/mol. The van der Waals surface area contributed by atoms with Crippen LogP contribution in [0.1, 0.15) is 36.0 Å². The van der Waals surface area contributed by atoms with Crippen LogP contribution in [0, 0.1) is 5.92 Å². The summed E-state index contributed by atoms with van der Waals surface area (Å²) in [6, 6.07) is 6.44. The third kappa shape index (κ3) is 3.30. The summed E-state index contributed by atoms with van der Waals surface area (Å²) >= 11 is 0. The zero-order valence-electron chi connectivity index (χ0n) is 16.1. The fourth-order valence-corrected chi connectivity index (χ4v) is 4.85. The molecular formula is C21H26N6O. The number of hydrogen-bond acceptors (Lipinski definition) is 6. The maximum absolute atomic E-state index is 13.0. The van der Waals surface area contributed by atoms with Crippen molar-refractivity contribution >= 4 is 17.7 Å². The van der Waals surface area contributed by atoms with Crippen LogP contribution in [0.5, 0.6) is 0 Å². The van der Waals surface area contributed by atoms with Crippen LogP contribution in [-0.4, -0.2) is 64.5 Å². The minimum atomic E-state index is 0.0674. The molecule has 2 saturated heterocycles. The highest BCUT2D eigenvalue weighted by molar-refractivity contribution is 5.94. The van der Waals surface area contributed by atoms with E-state index in [0.717, 1.165) is 50.3 Å². The molecule has 1 saturated carbocycles. The van der Waals surface area contributed by atoms with E-state index in [1.807, 2.05) is 23.1 Å². The first-order valence-corrected chi connectivity index (χ1v) is 10.3. The number of rotatable bonds is 3. The first-order valence-electron chi connectivity index (χ1n) is 10.3. The summed E-state index contributed by atoms with van der Waals surface area (Å²) in [5.74, 6) is 2.66. The number of aromatic nitrogens is 3. The van der Waals surface area contributed by atoms with Crippen LogP contribution >= 0.6 is 0 Å². The zero-order valence-corrected chi connectivity index (χ0v) is 16.1. The van der Waals surface area contributed by atoms with E-state index in [2.05, 4.69) is 24.8 Å². The topological polar surface area (TPSA) is 65.5 Å². The molecule has 3 fully saturated rings. The summed E-state index contributed by atoms with van der Waals surface area (Å²) in [5.41, 5.74) is 0.678. The Balaban J connectivity index is 1.23. The standard InChI is InChI=1S/C21H26N6O/c28-20(25-9-2-10-26(12-11-25)21-22-7-1-8-23-21)17-4-6-19(24-14-17)27-15-16-3-5-18(27)13-16/h1,4,6-8,14,16,18H,2-3,5,9-13,15H2/t16-,18-/m0/s1. The van der Waals surface area contributed by atoms with E-state index >= 15 is 0 Å². The molecule has 7 heteroatoms. The summed E-state index contributed by atoms with van der Waals surface area (Å²) in [7, 11) is 0. The van der Waals surface area contributed by atoms with Crippen LogP contribution in [0.3, 0.4) is 0 Å². The maximum Gasteiger partial charge on any atom is 0.255 e. The minimum Gasteiger partial charge on any atom is -0.353 e. The molecule has 1 amide bonds. The Morgan fingerprint density at radius 2 is 1.89 bits per heavy atom. The first kappa shape index (κ1) is 17.4. The van der Waals surface area contributed by atoms with Crippen LogP contribution in [0.15, 0.2) is 36.8 Å². The molecule has 2 atom stereocenters. The number of anilines is 2. The normalized spacial score (nSPS) is 24.5. The first-order chi connectivity index (χ1) is 13.8. The lowest BCUT2D eigenvalue weighted by molar-refractivity contribution is 0.0766. The third-order valence-electron chi connectivity index (χ3n) is 6.32. The number of carbonyl (C=O) groups is 1. The number of fused-ring (bicyclic) bond motifs is 2. The van der Waals surface area contributed by atoms with Gasteiger partial charge in [-0.2, -0.15) is 0 Å². The van der Waals surface area contributed by atoms with Gasteiger partial charge < -0.3 is 14.7 Å². The highest BCUT2D eigenvalue weighted by Gasteiger charge is 2.38. The van der Waals surface area contributed by atoms with Crippen molar-refractivity contribution in [2.75, 3.05) is 42.5 Å². The van der Waals surface area contributed by atoms with E-state index in [1.54, 1.807) is 18.6 Å². The molecule has 0 N–H and O–H groups in total. The van der Waals surface area contributed by atoms with Gasteiger partial charge in [-0.1, -0.05) is 0 Å². The van der Waals surface area contributed by atoms with Gasteiger partial charge in [-0.3, -0.25) is 4.79 Å². The summed E-state index contributed by atoms with van der Waals surface area (Å²) in [4.78, 5) is 32.8. The second kappa shape index (κ2) is 7.37. The Morgan fingerprint density at radius 1 is 1.00 bits per heavy atom. The van der Waals surface area contributed by atoms with Crippen molar-refractivity contribution < 1.29 is 4.79 Å². The fraction of sp³-hybridized carbons (Fsp3) is 0.524. The van der Waals surface area contributed by atoms with Gasteiger partial charge in [0.2, 0.25) is 5.95 Å². The Kier molecular flexibility index (Phi) is 4.58. The summed E-state index contributed by atoms with van der Waals surface area (Å²) in [6.07, 6.45) is 10.1. The van der Waals surface area contributed by atoms with E-state index in [0.29, 0.717) is 18.2 Å². The van der Waals surface area contributed by atoms with Gasteiger partial charge in [0, 0.05) is 57.4 Å². The number of carbonyl (C=O) groups excluding carboxylic acids is 1. The monoisotopic (exact) mass is 378 g/mol. The van der Waals surface area contributed by atoms with Crippen molar-refractivity contribution in [3.8, 4) is 0 Å². The lowest BCUT2D eigenvalue weighted by Gasteiger charge is -2.28. The highest BCUT2D eigenvalue weighted by atomic mass is 16.2. The minimum absolute atomic E-state index is 0.0674. The highest BCUT2D eigenvalue weighted by Crippen LogP contribution is 2.39. The molecule has 2 bridgehead atoms. The second-order valence-electron chi connectivity index (χ2n) is 8.07. The average molecular weight is 378 g/mol. The van der Waals surface area contributed by atoms with Gasteiger partial charge in [-0.05, 0) is 49.8 Å². The van der Waals surface area contributed by atoms with E-state index in [4.69, 9.17) is 0 Å². The third-order valence-corrected chi connectivity index (χ3v) is 6.32.